The molecule has 34 heavy (non-hydrogen) atoms. The topological polar surface area (TPSA) is 60.0 Å². The van der Waals surface area contributed by atoms with Crippen molar-refractivity contribution in [1.82, 2.24) is 4.90 Å². The molecule has 180 valence electrons. The van der Waals surface area contributed by atoms with Crippen LogP contribution in [0.1, 0.15) is 38.3 Å². The van der Waals surface area contributed by atoms with E-state index in [1.54, 1.807) is 0 Å². The number of carbonyl (C=O) groups is 1. The maximum absolute atomic E-state index is 12.1. The van der Waals surface area contributed by atoms with Gasteiger partial charge in [-0.25, -0.2) is 4.79 Å². The fourth-order valence-electron chi connectivity index (χ4n) is 4.14. The predicted molar refractivity (Wildman–Crippen MR) is 136 cm³/mol. The molecule has 3 aromatic carbocycles. The molecule has 1 aliphatic heterocycles. The van der Waals surface area contributed by atoms with Crippen LogP contribution in [-0.2, 0) is 17.6 Å². The summed E-state index contributed by atoms with van der Waals surface area (Å²) < 4.78 is 16.2. The van der Waals surface area contributed by atoms with E-state index in [4.69, 9.17) is 14.2 Å². The number of hydrogen-bond donors (Lipinski definition) is 1. The Labute approximate surface area is 201 Å². The molecule has 0 radical (unpaired) electrons. The molecule has 0 bridgehead atoms. The van der Waals surface area contributed by atoms with Crippen molar-refractivity contribution < 1.29 is 19.0 Å². The Balaban J connectivity index is 1.28. The van der Waals surface area contributed by atoms with Crippen molar-refractivity contribution in [2.75, 3.05) is 32.2 Å². The van der Waals surface area contributed by atoms with Gasteiger partial charge in [0.15, 0.2) is 11.5 Å². The van der Waals surface area contributed by atoms with Gasteiger partial charge in [-0.1, -0.05) is 30.3 Å². The lowest BCUT2D eigenvalue weighted by atomic mass is 10.00. The number of nitrogens with one attached hydrogen (secondary N) is 1. The van der Waals surface area contributed by atoms with Gasteiger partial charge in [-0.2, -0.15) is 0 Å². The molecule has 0 fully saturated rings. The molecule has 0 atom stereocenters. The van der Waals surface area contributed by atoms with Crippen molar-refractivity contribution in [3.8, 4) is 11.5 Å². The fourth-order valence-corrected chi connectivity index (χ4v) is 4.14. The monoisotopic (exact) mass is 462 g/mol. The number of anilines is 1. The zero-order valence-electron chi connectivity index (χ0n) is 20.5. The van der Waals surface area contributed by atoms with Crippen LogP contribution in [0.25, 0.3) is 10.8 Å². The van der Waals surface area contributed by atoms with Crippen molar-refractivity contribution in [3.63, 3.8) is 0 Å². The molecule has 0 unspecified atom stereocenters. The first-order valence-corrected chi connectivity index (χ1v) is 11.9. The number of amides is 1. The number of likely N-dealkylation sites (N-methyl/N-ethyl adjacent to an activating group) is 1. The molecule has 0 aromatic heterocycles. The molecule has 3 aromatic rings. The highest BCUT2D eigenvalue weighted by Crippen LogP contribution is 2.32. The van der Waals surface area contributed by atoms with E-state index in [2.05, 4.69) is 53.7 Å². The maximum atomic E-state index is 12.1. The first-order chi connectivity index (χ1) is 16.3. The summed E-state index contributed by atoms with van der Waals surface area (Å²) in [7, 11) is 2.17. The zero-order valence-corrected chi connectivity index (χ0v) is 20.5. The van der Waals surface area contributed by atoms with E-state index in [1.807, 2.05) is 39.0 Å². The number of rotatable bonds is 8. The van der Waals surface area contributed by atoms with E-state index in [0.717, 1.165) is 54.9 Å². The Kier molecular flexibility index (Phi) is 7.27. The van der Waals surface area contributed by atoms with E-state index in [1.165, 1.54) is 16.5 Å². The van der Waals surface area contributed by atoms with Gasteiger partial charge in [0, 0.05) is 12.2 Å². The highest BCUT2D eigenvalue weighted by molar-refractivity contribution is 5.92. The van der Waals surface area contributed by atoms with E-state index < -0.39 is 11.7 Å². The third kappa shape index (κ3) is 6.41. The molecule has 4 rings (SSSR count). The minimum atomic E-state index is -0.522. The van der Waals surface area contributed by atoms with Gasteiger partial charge in [-0.3, -0.25) is 5.32 Å². The quantitative estimate of drug-likeness (QED) is 0.443. The molecule has 1 N–H and O–H groups in total. The third-order valence-electron chi connectivity index (χ3n) is 5.82. The van der Waals surface area contributed by atoms with Gasteiger partial charge in [0.05, 0.1) is 0 Å². The van der Waals surface area contributed by atoms with Crippen molar-refractivity contribution in [2.24, 2.45) is 0 Å². The largest absolute Gasteiger partial charge is 0.454 e. The normalized spacial score (nSPS) is 12.9. The minimum Gasteiger partial charge on any atom is -0.454 e. The van der Waals surface area contributed by atoms with Gasteiger partial charge < -0.3 is 19.1 Å². The molecule has 0 spiro atoms. The van der Waals surface area contributed by atoms with Crippen molar-refractivity contribution in [1.29, 1.82) is 0 Å². The Bertz CT molecular complexity index is 1150. The SMILES string of the molecule is CN(CCCc1cccc2cc(NC(=O)OC(C)(C)C)ccc12)CCc1ccc2c(c1)OCO2. The second-order valence-electron chi connectivity index (χ2n) is 9.82. The highest BCUT2D eigenvalue weighted by atomic mass is 16.7. The van der Waals surface area contributed by atoms with Crippen LogP contribution in [0.15, 0.2) is 54.6 Å². The van der Waals surface area contributed by atoms with E-state index in [-0.39, 0.29) is 0 Å². The maximum Gasteiger partial charge on any atom is 0.412 e. The average molecular weight is 463 g/mol. The number of aryl methyl sites for hydroxylation is 1. The summed E-state index contributed by atoms with van der Waals surface area (Å²) in [5.41, 5.74) is 2.81. The number of benzene rings is 3. The Morgan fingerprint density at radius 3 is 2.65 bits per heavy atom. The van der Waals surface area contributed by atoms with E-state index in [9.17, 15) is 4.79 Å². The number of hydrogen-bond acceptors (Lipinski definition) is 5. The highest BCUT2D eigenvalue weighted by Gasteiger charge is 2.16. The van der Waals surface area contributed by atoms with Gasteiger partial charge in [0.2, 0.25) is 6.79 Å². The predicted octanol–water partition coefficient (Wildman–Crippen LogP) is 6.02. The van der Waals surface area contributed by atoms with Crippen LogP contribution in [0.5, 0.6) is 11.5 Å². The molecule has 1 heterocycles. The van der Waals surface area contributed by atoms with Gasteiger partial charge >= 0.3 is 6.09 Å². The van der Waals surface area contributed by atoms with Gasteiger partial charge in [-0.15, -0.1) is 0 Å². The Hall–Kier alpha value is -3.25. The summed E-state index contributed by atoms with van der Waals surface area (Å²) in [5, 5.41) is 5.16. The third-order valence-corrected chi connectivity index (χ3v) is 5.82. The van der Waals surface area contributed by atoms with E-state index in [0.29, 0.717) is 6.79 Å². The molecular formula is C28H34N2O4. The lowest BCUT2D eigenvalue weighted by Gasteiger charge is -2.20. The molecule has 0 aliphatic carbocycles. The van der Waals surface area contributed by atoms with Crippen molar-refractivity contribution in [3.05, 3.63) is 65.7 Å². The average Bonchev–Trinajstić information content (AvgIpc) is 3.24. The summed E-state index contributed by atoms with van der Waals surface area (Å²) in [6, 6.07) is 18.6. The summed E-state index contributed by atoms with van der Waals surface area (Å²) >= 11 is 0. The summed E-state index contributed by atoms with van der Waals surface area (Å²) in [5.74, 6) is 1.68. The second-order valence-corrected chi connectivity index (χ2v) is 9.82. The molecule has 1 aliphatic rings. The summed E-state index contributed by atoms with van der Waals surface area (Å²) in [4.78, 5) is 14.5. The molecular weight excluding hydrogens is 428 g/mol. The van der Waals surface area contributed by atoms with E-state index >= 15 is 0 Å². The Morgan fingerprint density at radius 2 is 1.82 bits per heavy atom. The molecule has 1 amide bonds. The lowest BCUT2D eigenvalue weighted by Crippen LogP contribution is -2.27. The lowest BCUT2D eigenvalue weighted by molar-refractivity contribution is 0.0636. The van der Waals surface area contributed by atoms with Gasteiger partial charge in [0.25, 0.3) is 0 Å². The van der Waals surface area contributed by atoms with Crippen LogP contribution in [-0.4, -0.2) is 43.5 Å². The second kappa shape index (κ2) is 10.3. The van der Waals surface area contributed by atoms with Crippen molar-refractivity contribution in [2.45, 2.75) is 45.6 Å². The minimum absolute atomic E-state index is 0.314. The zero-order chi connectivity index (χ0) is 24.1. The van der Waals surface area contributed by atoms with Gasteiger partial charge in [-0.05, 0) is 99.8 Å². The van der Waals surface area contributed by atoms with Crippen LogP contribution >= 0.6 is 0 Å². The molecule has 6 heteroatoms. The molecule has 6 nitrogen and oxygen atoms in total. The Morgan fingerprint density at radius 1 is 1.00 bits per heavy atom. The van der Waals surface area contributed by atoms with Crippen molar-refractivity contribution >= 4 is 22.6 Å². The molecule has 0 saturated heterocycles. The van der Waals surface area contributed by atoms with Crippen LogP contribution in [0.2, 0.25) is 0 Å². The first-order valence-electron chi connectivity index (χ1n) is 11.9. The van der Waals surface area contributed by atoms with Crippen LogP contribution < -0.4 is 14.8 Å². The fraction of sp³-hybridized carbons (Fsp3) is 0.393. The number of carbonyl (C=O) groups excluding carboxylic acids is 1. The van der Waals surface area contributed by atoms with Gasteiger partial charge in [0.1, 0.15) is 5.60 Å². The standard InChI is InChI=1S/C28H34N2O4/c1-28(2,3)34-27(31)29-23-11-12-24-21(7-5-8-22(24)18-23)9-6-15-30(4)16-14-20-10-13-25-26(17-20)33-19-32-25/h5,7-8,10-13,17-18H,6,9,14-16,19H2,1-4H3,(H,29,31). The summed E-state index contributed by atoms with van der Waals surface area (Å²) in [6.45, 7) is 7.90. The first kappa shape index (κ1) is 23.9. The summed E-state index contributed by atoms with van der Waals surface area (Å²) in [6.07, 6.45) is 2.63. The van der Waals surface area contributed by atoms with Crippen LogP contribution in [0, 0.1) is 0 Å². The number of nitrogens with zero attached hydrogens (tertiary/aromatic N) is 1. The number of fused-ring (bicyclic) bond motifs is 2. The number of ether oxygens (including phenoxy) is 3. The van der Waals surface area contributed by atoms with Crippen LogP contribution in [0.4, 0.5) is 10.5 Å². The smallest absolute Gasteiger partial charge is 0.412 e. The van der Waals surface area contributed by atoms with Crippen LogP contribution in [0.3, 0.4) is 0 Å². The molecule has 0 saturated carbocycles.